The van der Waals surface area contributed by atoms with Gasteiger partial charge < -0.3 is 4.57 Å². The highest BCUT2D eigenvalue weighted by molar-refractivity contribution is 6.31. The summed E-state index contributed by atoms with van der Waals surface area (Å²) in [6.07, 6.45) is 4.92. The third-order valence-corrected chi connectivity index (χ3v) is 3.98. The number of hydrogen-bond acceptors (Lipinski definition) is 1. The first kappa shape index (κ1) is 14.7. The Morgan fingerprint density at radius 1 is 1.32 bits per heavy atom. The fourth-order valence-electron chi connectivity index (χ4n) is 2.53. The predicted octanol–water partition coefficient (Wildman–Crippen LogP) is 5.57. The first-order chi connectivity index (χ1) is 9.17. The lowest BCUT2D eigenvalue weighted by molar-refractivity contribution is 0.477. The van der Waals surface area contributed by atoms with Crippen molar-refractivity contribution >= 4 is 34.2 Å². The van der Waals surface area contributed by atoms with Gasteiger partial charge in [-0.3, -0.25) is 0 Å². The maximum absolute atomic E-state index is 6.03. The molecule has 0 saturated carbocycles. The molecule has 0 aliphatic carbocycles. The molecular weight excluding hydrogens is 279 g/mol. The van der Waals surface area contributed by atoms with Crippen LogP contribution in [0, 0.1) is 0 Å². The van der Waals surface area contributed by atoms with Crippen LogP contribution in [0.15, 0.2) is 18.2 Å². The number of hydrogen-bond donors (Lipinski definition) is 0. The van der Waals surface area contributed by atoms with Crippen LogP contribution in [0.1, 0.15) is 51.4 Å². The van der Waals surface area contributed by atoms with Crippen molar-refractivity contribution in [1.29, 1.82) is 0 Å². The maximum atomic E-state index is 6.03. The van der Waals surface area contributed by atoms with Crippen molar-refractivity contribution < 1.29 is 0 Å². The number of unbranched alkanes of at least 4 members (excludes halogenated alkanes) is 2. The van der Waals surface area contributed by atoms with Gasteiger partial charge in [0.15, 0.2) is 0 Å². The molecule has 1 atom stereocenters. The molecule has 2 aromatic rings. The molecule has 2 nitrogen and oxygen atoms in total. The molecule has 2 rings (SSSR count). The van der Waals surface area contributed by atoms with Crippen molar-refractivity contribution in [3.05, 3.63) is 29.0 Å². The largest absolute Gasteiger partial charge is 0.324 e. The Bertz CT molecular complexity index is 548. The Morgan fingerprint density at radius 3 is 2.79 bits per heavy atom. The van der Waals surface area contributed by atoms with Gasteiger partial charge in [0.2, 0.25) is 0 Å². The Labute approximate surface area is 124 Å². The zero-order chi connectivity index (χ0) is 13.8. The number of benzene rings is 1. The molecule has 0 fully saturated rings. The molecule has 19 heavy (non-hydrogen) atoms. The van der Waals surface area contributed by atoms with Gasteiger partial charge in [-0.2, -0.15) is 0 Å². The van der Waals surface area contributed by atoms with Crippen LogP contribution in [0.3, 0.4) is 0 Å². The summed E-state index contributed by atoms with van der Waals surface area (Å²) in [6.45, 7) is 4.46. The van der Waals surface area contributed by atoms with E-state index in [1.54, 1.807) is 0 Å². The van der Waals surface area contributed by atoms with Crippen molar-refractivity contribution in [2.24, 2.45) is 0 Å². The molecule has 0 aliphatic heterocycles. The summed E-state index contributed by atoms with van der Waals surface area (Å²) in [6, 6.07) is 6.28. The summed E-state index contributed by atoms with van der Waals surface area (Å²) in [7, 11) is 0. The third kappa shape index (κ3) is 3.24. The van der Waals surface area contributed by atoms with Crippen LogP contribution < -0.4 is 0 Å². The maximum Gasteiger partial charge on any atom is 0.125 e. The number of aromatic nitrogens is 2. The number of halogens is 2. The second-order valence-corrected chi connectivity index (χ2v) is 5.71. The summed E-state index contributed by atoms with van der Waals surface area (Å²) < 4.78 is 2.26. The number of alkyl halides is 1. The first-order valence-electron chi connectivity index (χ1n) is 6.89. The molecule has 0 aliphatic rings. The summed E-state index contributed by atoms with van der Waals surface area (Å²) >= 11 is 12.1. The average molecular weight is 299 g/mol. The van der Waals surface area contributed by atoms with Gasteiger partial charge in [-0.05, 0) is 31.5 Å². The van der Waals surface area contributed by atoms with Gasteiger partial charge in [-0.1, -0.05) is 37.8 Å². The van der Waals surface area contributed by atoms with E-state index in [1.807, 2.05) is 18.2 Å². The van der Waals surface area contributed by atoms with Crippen LogP contribution in [0.25, 0.3) is 11.0 Å². The van der Waals surface area contributed by atoms with E-state index >= 15 is 0 Å². The van der Waals surface area contributed by atoms with Gasteiger partial charge in [-0.25, -0.2) is 4.98 Å². The molecule has 0 spiro atoms. The Hall–Kier alpha value is -0.730. The summed E-state index contributed by atoms with van der Waals surface area (Å²) in [5.41, 5.74) is 2.06. The van der Waals surface area contributed by atoms with Crippen molar-refractivity contribution in [2.45, 2.75) is 51.5 Å². The van der Waals surface area contributed by atoms with E-state index in [0.29, 0.717) is 11.9 Å². The fourth-order valence-corrected chi connectivity index (χ4v) is 2.88. The smallest absolute Gasteiger partial charge is 0.125 e. The minimum Gasteiger partial charge on any atom is -0.324 e. The van der Waals surface area contributed by atoms with Gasteiger partial charge >= 0.3 is 0 Å². The fraction of sp³-hybridized carbons (Fsp3) is 0.533. The molecule has 1 aromatic heterocycles. The highest BCUT2D eigenvalue weighted by Gasteiger charge is 2.15. The number of imidazole rings is 1. The van der Waals surface area contributed by atoms with E-state index in [1.165, 1.54) is 19.3 Å². The van der Waals surface area contributed by atoms with Crippen LogP contribution >= 0.6 is 23.2 Å². The van der Waals surface area contributed by atoms with E-state index in [9.17, 15) is 0 Å². The van der Waals surface area contributed by atoms with E-state index in [-0.39, 0.29) is 0 Å². The van der Waals surface area contributed by atoms with Crippen LogP contribution in [-0.2, 0) is 5.88 Å². The zero-order valence-corrected chi connectivity index (χ0v) is 13.0. The molecule has 0 bridgehead atoms. The minimum atomic E-state index is 0.423. The molecule has 0 saturated heterocycles. The van der Waals surface area contributed by atoms with Crippen LogP contribution in [0.4, 0.5) is 0 Å². The normalized spacial score (nSPS) is 13.1. The topological polar surface area (TPSA) is 17.8 Å². The molecule has 0 N–H and O–H groups in total. The van der Waals surface area contributed by atoms with E-state index in [0.717, 1.165) is 28.3 Å². The van der Waals surface area contributed by atoms with E-state index < -0.39 is 0 Å². The lowest BCUT2D eigenvalue weighted by Gasteiger charge is -2.16. The summed E-state index contributed by atoms with van der Waals surface area (Å²) in [5.74, 6) is 1.37. The van der Waals surface area contributed by atoms with Crippen LogP contribution in [0.2, 0.25) is 5.02 Å². The van der Waals surface area contributed by atoms with Crippen molar-refractivity contribution in [2.75, 3.05) is 0 Å². The molecule has 4 heteroatoms. The number of rotatable bonds is 6. The average Bonchev–Trinajstić information content (AvgIpc) is 2.76. The molecule has 1 unspecified atom stereocenters. The third-order valence-electron chi connectivity index (χ3n) is 3.51. The molecule has 0 amide bonds. The SMILES string of the molecule is CCCCCC(C)n1c(CCl)nc2cc(Cl)ccc21. The quantitative estimate of drug-likeness (QED) is 0.503. The summed E-state index contributed by atoms with van der Waals surface area (Å²) in [4.78, 5) is 4.59. The van der Waals surface area contributed by atoms with Gasteiger partial charge in [0.25, 0.3) is 0 Å². The van der Waals surface area contributed by atoms with Crippen LogP contribution in [-0.4, -0.2) is 9.55 Å². The van der Waals surface area contributed by atoms with E-state index in [2.05, 4.69) is 23.4 Å². The highest BCUT2D eigenvalue weighted by atomic mass is 35.5. The van der Waals surface area contributed by atoms with Crippen molar-refractivity contribution in [1.82, 2.24) is 9.55 Å². The molecular formula is C15H20Cl2N2. The van der Waals surface area contributed by atoms with Gasteiger partial charge in [-0.15, -0.1) is 11.6 Å². The minimum absolute atomic E-state index is 0.423. The van der Waals surface area contributed by atoms with E-state index in [4.69, 9.17) is 23.2 Å². The second kappa shape index (κ2) is 6.62. The molecule has 1 heterocycles. The Morgan fingerprint density at radius 2 is 2.11 bits per heavy atom. The zero-order valence-electron chi connectivity index (χ0n) is 11.5. The van der Waals surface area contributed by atoms with Crippen molar-refractivity contribution in [3.63, 3.8) is 0 Å². The summed E-state index contributed by atoms with van der Waals surface area (Å²) in [5, 5.41) is 0.719. The standard InChI is InChI=1S/C15H20Cl2N2/c1-3-4-5-6-11(2)19-14-8-7-12(17)9-13(14)18-15(19)10-16/h7-9,11H,3-6,10H2,1-2H3. The molecule has 1 aromatic carbocycles. The lowest BCUT2D eigenvalue weighted by Crippen LogP contribution is -2.08. The van der Waals surface area contributed by atoms with Gasteiger partial charge in [0.05, 0.1) is 16.9 Å². The predicted molar refractivity (Wildman–Crippen MR) is 83.2 cm³/mol. The lowest BCUT2D eigenvalue weighted by atomic mass is 10.1. The monoisotopic (exact) mass is 298 g/mol. The molecule has 0 radical (unpaired) electrons. The van der Waals surface area contributed by atoms with Crippen molar-refractivity contribution in [3.8, 4) is 0 Å². The number of nitrogens with zero attached hydrogens (tertiary/aromatic N) is 2. The first-order valence-corrected chi connectivity index (χ1v) is 7.81. The van der Waals surface area contributed by atoms with Gasteiger partial charge in [0, 0.05) is 11.1 Å². The number of fused-ring (bicyclic) bond motifs is 1. The Kier molecular flexibility index (Phi) is 5.12. The second-order valence-electron chi connectivity index (χ2n) is 5.01. The van der Waals surface area contributed by atoms with Crippen LogP contribution in [0.5, 0.6) is 0 Å². The van der Waals surface area contributed by atoms with Gasteiger partial charge in [0.1, 0.15) is 5.82 Å². The molecule has 104 valence electrons. The highest BCUT2D eigenvalue weighted by Crippen LogP contribution is 2.27. The Balaban J connectivity index is 2.34.